The Morgan fingerprint density at radius 3 is 2.00 bits per heavy atom. The summed E-state index contributed by atoms with van der Waals surface area (Å²) in [4.78, 5) is 33.4. The van der Waals surface area contributed by atoms with E-state index in [-0.39, 0.29) is 35.1 Å². The third kappa shape index (κ3) is 22.9. The molecule has 7 nitrogen and oxygen atoms in total. The number of pyridine rings is 1. The molecule has 2 rings (SSSR count). The van der Waals surface area contributed by atoms with Crippen molar-refractivity contribution in [3.63, 3.8) is 0 Å². The predicted octanol–water partition coefficient (Wildman–Crippen LogP) is 11.6. The van der Waals surface area contributed by atoms with Gasteiger partial charge in [-0.1, -0.05) is 163 Å². The summed E-state index contributed by atoms with van der Waals surface area (Å²) in [5.74, 6) is 1.30. The van der Waals surface area contributed by atoms with E-state index in [1.807, 2.05) is 54.7 Å². The lowest BCUT2D eigenvalue weighted by Crippen LogP contribution is -2.33. The molecule has 0 saturated heterocycles. The van der Waals surface area contributed by atoms with Crippen LogP contribution in [0.1, 0.15) is 165 Å². The molecule has 52 heavy (non-hydrogen) atoms. The molecule has 10 heteroatoms. The Kier molecular flexibility index (Phi) is 31.4. The number of nitrogens with zero attached hydrogens (tertiary/aromatic N) is 1. The SMILES string of the molecule is C=c1cc(OC(=O)CCC(C)CCCC(C)C)c(C(=O)OCCC(C)CCCC(C)C)n/c1=C(\S/C(C)=C\N)SC1NC=C(C)S1.CC.CC.CC. The quantitative estimate of drug-likeness (QED) is 0.124. The Labute approximate surface area is 331 Å². The number of esters is 2. The number of nitrogens with two attached hydrogens (primary N) is 1. The van der Waals surface area contributed by atoms with Crippen LogP contribution in [0.3, 0.4) is 0 Å². The second-order valence-corrected chi connectivity index (χ2v) is 17.6. The van der Waals surface area contributed by atoms with Crippen molar-refractivity contribution in [2.45, 2.75) is 159 Å². The van der Waals surface area contributed by atoms with Crippen LogP contribution >= 0.6 is 35.3 Å². The molecule has 2 heterocycles. The lowest BCUT2D eigenvalue weighted by Gasteiger charge is -2.16. The summed E-state index contributed by atoms with van der Waals surface area (Å²) in [6.07, 6.45) is 12.1. The molecule has 0 spiro atoms. The van der Waals surface area contributed by atoms with Gasteiger partial charge in [0.05, 0.1) is 16.2 Å². The molecule has 300 valence electrons. The van der Waals surface area contributed by atoms with Gasteiger partial charge < -0.3 is 20.5 Å². The second kappa shape index (κ2) is 31.3. The second-order valence-electron chi connectivity index (χ2n) is 13.3. The van der Waals surface area contributed by atoms with Crippen LogP contribution in [-0.4, -0.2) is 28.2 Å². The molecule has 0 amide bonds. The maximum Gasteiger partial charge on any atom is 0.360 e. The highest BCUT2D eigenvalue weighted by Crippen LogP contribution is 2.42. The number of rotatable bonds is 20. The van der Waals surface area contributed by atoms with Gasteiger partial charge in [-0.05, 0) is 61.6 Å². The molecule has 1 aromatic heterocycles. The predicted molar refractivity (Wildman–Crippen MR) is 233 cm³/mol. The van der Waals surface area contributed by atoms with Crippen LogP contribution in [0.4, 0.5) is 0 Å². The number of carbonyl (C=O) groups is 2. The summed E-state index contributed by atoms with van der Waals surface area (Å²) in [6.45, 7) is 33.8. The number of thioether (sulfide) groups is 3. The molecule has 1 aromatic rings. The van der Waals surface area contributed by atoms with E-state index in [4.69, 9.17) is 20.2 Å². The Balaban J connectivity index is 0. The monoisotopic (exact) mass is 781 g/mol. The van der Waals surface area contributed by atoms with Gasteiger partial charge in [-0.15, -0.1) is 0 Å². The van der Waals surface area contributed by atoms with Gasteiger partial charge in [-0.3, -0.25) is 4.79 Å². The zero-order valence-corrected chi connectivity index (χ0v) is 37.7. The van der Waals surface area contributed by atoms with Crippen LogP contribution in [-0.2, 0) is 9.53 Å². The zero-order valence-electron chi connectivity index (χ0n) is 35.3. The first kappa shape index (κ1) is 52.1. The minimum absolute atomic E-state index is 0.0115. The van der Waals surface area contributed by atoms with Crippen molar-refractivity contribution in [3.05, 3.63) is 44.5 Å². The van der Waals surface area contributed by atoms with E-state index in [2.05, 4.69) is 60.4 Å². The molecule has 1 aliphatic heterocycles. The van der Waals surface area contributed by atoms with Crippen molar-refractivity contribution in [3.8, 4) is 5.75 Å². The molecule has 1 aliphatic rings. The summed E-state index contributed by atoms with van der Waals surface area (Å²) >= 11 is 4.75. The van der Waals surface area contributed by atoms with Crippen molar-refractivity contribution in [2.24, 2.45) is 29.4 Å². The molecule has 3 N–H and O–H groups in total. The molecular weight excluding hydrogens is 707 g/mol. The fourth-order valence-corrected chi connectivity index (χ4v) is 8.67. The summed E-state index contributed by atoms with van der Waals surface area (Å²) in [5.41, 5.74) is 5.82. The molecular formula is C42H75N3O4S3. The lowest BCUT2D eigenvalue weighted by atomic mass is 9.96. The largest absolute Gasteiger partial charge is 0.461 e. The highest BCUT2D eigenvalue weighted by molar-refractivity contribution is 8.35. The maximum atomic E-state index is 13.5. The van der Waals surface area contributed by atoms with Crippen LogP contribution in [0.15, 0.2) is 28.3 Å². The van der Waals surface area contributed by atoms with Gasteiger partial charge in [0, 0.05) is 28.6 Å². The molecule has 0 aliphatic carbocycles. The third-order valence-corrected chi connectivity index (χ3v) is 11.3. The van der Waals surface area contributed by atoms with Gasteiger partial charge in [-0.25, -0.2) is 9.78 Å². The minimum atomic E-state index is -0.605. The smallest absolute Gasteiger partial charge is 0.360 e. The first-order valence-corrected chi connectivity index (χ1v) is 22.3. The number of hydrogen-bond donors (Lipinski definition) is 2. The third-order valence-electron chi connectivity index (χ3n) is 7.74. The summed E-state index contributed by atoms with van der Waals surface area (Å²) < 4.78 is 12.4. The number of nitrogens with one attached hydrogen (secondary N) is 1. The van der Waals surface area contributed by atoms with Crippen molar-refractivity contribution in [2.75, 3.05) is 6.61 Å². The van der Waals surface area contributed by atoms with E-state index in [0.29, 0.717) is 34.2 Å². The molecule has 0 radical (unpaired) electrons. The van der Waals surface area contributed by atoms with Gasteiger partial charge in [0.15, 0.2) is 11.4 Å². The van der Waals surface area contributed by atoms with E-state index in [9.17, 15) is 9.59 Å². The first-order valence-electron chi connectivity index (χ1n) is 19.7. The fraction of sp³-hybridized carbons (Fsp3) is 0.690. The first-order chi connectivity index (χ1) is 24.8. The lowest BCUT2D eigenvalue weighted by molar-refractivity contribution is -0.134. The van der Waals surface area contributed by atoms with E-state index in [1.54, 1.807) is 35.8 Å². The standard InChI is InChI=1S/C36H57N3O4S3.3C2H6/c1-23(2)12-10-14-25(5)16-17-31(40)43-30-20-27(7)32(35(44-28(8)21-37)46-36-38-22-29(9)45-36)39-33(30)34(41)42-19-18-26(6)15-11-13-24(3)4;3*1-2/h20-26,36,38H,7,10-19,37H2,1-6,8-9H3;3*1-2H3/b28-21-,35-32+;;;. The summed E-state index contributed by atoms with van der Waals surface area (Å²) in [5, 5.41) is 4.45. The topological polar surface area (TPSA) is 104 Å². The van der Waals surface area contributed by atoms with Gasteiger partial charge in [0.2, 0.25) is 0 Å². The molecule has 0 saturated carbocycles. The van der Waals surface area contributed by atoms with Crippen molar-refractivity contribution in [1.82, 2.24) is 10.3 Å². The Bertz CT molecular complexity index is 1310. The average molecular weight is 782 g/mol. The number of carbonyl (C=O) groups excluding carboxylic acids is 2. The van der Waals surface area contributed by atoms with E-state index in [0.717, 1.165) is 47.7 Å². The Hall–Kier alpha value is -2.04. The van der Waals surface area contributed by atoms with Gasteiger partial charge >= 0.3 is 11.9 Å². The van der Waals surface area contributed by atoms with Crippen molar-refractivity contribution in [1.29, 1.82) is 0 Å². The fourth-order valence-electron chi connectivity index (χ4n) is 4.82. The normalized spacial score (nSPS) is 15.4. The van der Waals surface area contributed by atoms with Crippen LogP contribution in [0.2, 0.25) is 0 Å². The summed E-state index contributed by atoms with van der Waals surface area (Å²) in [7, 11) is 0. The molecule has 3 atom stereocenters. The minimum Gasteiger partial charge on any atom is -0.461 e. The van der Waals surface area contributed by atoms with Gasteiger partial charge in [-0.2, -0.15) is 0 Å². The molecule has 0 fully saturated rings. The van der Waals surface area contributed by atoms with Gasteiger partial charge in [0.1, 0.15) is 4.71 Å². The number of hydrogen-bond acceptors (Lipinski definition) is 10. The summed E-state index contributed by atoms with van der Waals surface area (Å²) in [6, 6.07) is 1.64. The highest BCUT2D eigenvalue weighted by Gasteiger charge is 2.23. The van der Waals surface area contributed by atoms with Crippen molar-refractivity contribution < 1.29 is 19.1 Å². The number of aromatic nitrogens is 1. The van der Waals surface area contributed by atoms with Crippen molar-refractivity contribution >= 4 is 58.0 Å². The number of allylic oxidation sites excluding steroid dienone is 2. The molecule has 0 aromatic carbocycles. The highest BCUT2D eigenvalue weighted by atomic mass is 32.2. The Morgan fingerprint density at radius 2 is 1.50 bits per heavy atom. The van der Waals surface area contributed by atoms with E-state index >= 15 is 0 Å². The zero-order chi connectivity index (χ0) is 40.2. The maximum absolute atomic E-state index is 13.5. The van der Waals surface area contributed by atoms with Crippen LogP contribution in [0, 0.1) is 23.7 Å². The van der Waals surface area contributed by atoms with Crippen LogP contribution < -0.4 is 26.4 Å². The molecule has 3 unspecified atom stereocenters. The Morgan fingerprint density at radius 1 is 0.942 bits per heavy atom. The van der Waals surface area contributed by atoms with Crippen LogP contribution in [0.5, 0.6) is 5.75 Å². The van der Waals surface area contributed by atoms with E-state index < -0.39 is 5.97 Å². The van der Waals surface area contributed by atoms with Gasteiger partial charge in [0.25, 0.3) is 0 Å². The van der Waals surface area contributed by atoms with Crippen LogP contribution in [0.25, 0.3) is 10.8 Å². The number of ether oxygens (including phenoxy) is 2. The van der Waals surface area contributed by atoms with E-state index in [1.165, 1.54) is 29.5 Å². The molecule has 0 bridgehead atoms. The average Bonchev–Trinajstić information content (AvgIpc) is 3.53.